The van der Waals surface area contributed by atoms with E-state index < -0.39 is 18.2 Å². The third-order valence-electron chi connectivity index (χ3n) is 6.65. The summed E-state index contributed by atoms with van der Waals surface area (Å²) in [6, 6.07) is 22.0. The summed E-state index contributed by atoms with van der Waals surface area (Å²) in [7, 11) is 1.99. The van der Waals surface area contributed by atoms with E-state index in [1.807, 2.05) is 61.6 Å². The Morgan fingerprint density at radius 3 is 2.29 bits per heavy atom. The molecule has 1 aliphatic rings. The van der Waals surface area contributed by atoms with Crippen molar-refractivity contribution < 1.29 is 38.4 Å². The predicted molar refractivity (Wildman–Crippen MR) is 188 cm³/mol. The predicted octanol–water partition coefficient (Wildman–Crippen LogP) is 7.75. The Balaban J connectivity index is 0.000000688. The number of aldehydes is 1. The maximum absolute atomic E-state index is 12.9. The van der Waals surface area contributed by atoms with Gasteiger partial charge in [0.2, 0.25) is 6.10 Å². The number of allylic oxidation sites excluding steroid dienone is 1. The van der Waals surface area contributed by atoms with Crippen LogP contribution in [0.15, 0.2) is 97.1 Å². The summed E-state index contributed by atoms with van der Waals surface area (Å²) in [6.45, 7) is 8.90. The maximum atomic E-state index is 12.9. The Hall–Kier alpha value is -4.89. The summed E-state index contributed by atoms with van der Waals surface area (Å²) in [5, 5.41) is 13.4. The minimum Gasteiger partial charge on any atom is -0.507 e. The molecular weight excluding hydrogens is 610 g/mol. The fourth-order valence-electron chi connectivity index (χ4n) is 4.04. The lowest BCUT2D eigenvalue weighted by atomic mass is 10.0. The van der Waals surface area contributed by atoms with Crippen LogP contribution in [0.4, 0.5) is 4.79 Å². The molecule has 2 N–H and O–H groups in total. The molecule has 3 aromatic carbocycles. The summed E-state index contributed by atoms with van der Waals surface area (Å²) in [5.41, 5.74) is 4.78. The number of nitrogens with one attached hydrogen (secondary N) is 1. The van der Waals surface area contributed by atoms with Crippen LogP contribution in [0.3, 0.4) is 0 Å². The lowest BCUT2D eigenvalue weighted by molar-refractivity contribution is -0.156. The molecule has 0 heterocycles. The van der Waals surface area contributed by atoms with Crippen molar-refractivity contribution in [2.45, 2.75) is 65.1 Å². The monoisotopic (exact) mass is 659 g/mol. The highest BCUT2D eigenvalue weighted by Crippen LogP contribution is 2.25. The fourth-order valence-corrected chi connectivity index (χ4v) is 4.04. The van der Waals surface area contributed by atoms with Gasteiger partial charge in [-0.1, -0.05) is 99.2 Å². The van der Waals surface area contributed by atoms with Crippen LogP contribution >= 0.6 is 0 Å². The minimum atomic E-state index is -1.27. The lowest BCUT2D eigenvalue weighted by Gasteiger charge is -2.17. The molecular formula is C39H49NO8. The van der Waals surface area contributed by atoms with Crippen molar-refractivity contribution in [1.82, 2.24) is 5.32 Å². The average molecular weight is 660 g/mol. The normalized spacial score (nSPS) is 11.6. The van der Waals surface area contributed by atoms with Gasteiger partial charge in [0.1, 0.15) is 31.0 Å². The van der Waals surface area contributed by atoms with Crippen molar-refractivity contribution in [3.63, 3.8) is 0 Å². The first-order chi connectivity index (χ1) is 23.3. The van der Waals surface area contributed by atoms with Crippen LogP contribution in [0.25, 0.3) is 11.1 Å². The van der Waals surface area contributed by atoms with Crippen LogP contribution < -0.4 is 10.1 Å². The molecule has 1 unspecified atom stereocenters. The van der Waals surface area contributed by atoms with E-state index in [1.165, 1.54) is 31.4 Å². The number of phenols is 1. The molecule has 0 spiro atoms. The van der Waals surface area contributed by atoms with Crippen molar-refractivity contribution in [2.24, 2.45) is 0 Å². The van der Waals surface area contributed by atoms with E-state index in [-0.39, 0.29) is 25.4 Å². The zero-order valence-electron chi connectivity index (χ0n) is 28.3. The highest BCUT2D eigenvalue weighted by atomic mass is 16.7. The summed E-state index contributed by atoms with van der Waals surface area (Å²) in [6.07, 6.45) is 7.00. The largest absolute Gasteiger partial charge is 0.509 e. The minimum absolute atomic E-state index is 0.0657. The number of ether oxygens (including phenoxy) is 4. The van der Waals surface area contributed by atoms with Crippen LogP contribution in [0.5, 0.6) is 11.5 Å². The zero-order chi connectivity index (χ0) is 35.0. The Kier molecular flexibility index (Phi) is 19.2. The smallest absolute Gasteiger partial charge is 0.507 e. The van der Waals surface area contributed by atoms with Crippen molar-refractivity contribution in [1.29, 1.82) is 0 Å². The van der Waals surface area contributed by atoms with Gasteiger partial charge >= 0.3 is 12.1 Å². The third-order valence-corrected chi connectivity index (χ3v) is 6.65. The first-order valence-electron chi connectivity index (χ1n) is 16.3. The van der Waals surface area contributed by atoms with E-state index >= 15 is 0 Å². The molecule has 3 aromatic rings. The molecule has 48 heavy (non-hydrogen) atoms. The molecule has 0 fully saturated rings. The van der Waals surface area contributed by atoms with Gasteiger partial charge in [0.15, 0.2) is 0 Å². The Morgan fingerprint density at radius 1 is 1.00 bits per heavy atom. The fraction of sp³-hybridized carbons (Fsp3) is 0.359. The number of esters is 1. The molecule has 9 nitrogen and oxygen atoms in total. The standard InChI is InChI=1S/C30H30O8.C6H11N.C3H8/c1-2-17-36-30(34)38-28(19-22-10-12-24(13-11-22)23-8-4-3-5-9-23)29(33)37-21-25-14-15-26(20-27(25)32)35-18-7-6-16-31;1-7-5-4-6-2-3-6;1-3-2/h2-5,8-16,20,28,32H,1,6-7,17-19,21H2;2,7H,3-5H2,1H3;3H2,1-2H3. The SMILES string of the molecule is C=CCOC(=O)OC(Cc1ccc(-c2ccccc2)cc1)C(=O)OCc1ccc(OCCCC=O)cc1O.CCC.CNCCC1=CC1. The number of aromatic hydroxyl groups is 1. The number of phenolic OH excluding ortho intramolecular Hbond substituents is 1. The molecule has 1 aliphatic carbocycles. The average Bonchev–Trinajstić information content (AvgIpc) is 3.93. The van der Waals surface area contributed by atoms with Crippen LogP contribution in [-0.4, -0.2) is 56.4 Å². The molecule has 258 valence electrons. The van der Waals surface area contributed by atoms with Crippen LogP contribution in [0.1, 0.15) is 57.1 Å². The Labute approximate surface area is 284 Å². The van der Waals surface area contributed by atoms with E-state index in [0.717, 1.165) is 29.5 Å². The first kappa shape index (κ1) is 39.3. The topological polar surface area (TPSA) is 120 Å². The van der Waals surface area contributed by atoms with E-state index in [9.17, 15) is 19.5 Å². The molecule has 0 aromatic heterocycles. The van der Waals surface area contributed by atoms with E-state index in [4.69, 9.17) is 18.9 Å². The highest BCUT2D eigenvalue weighted by Gasteiger charge is 2.26. The van der Waals surface area contributed by atoms with Gasteiger partial charge in [-0.2, -0.15) is 0 Å². The van der Waals surface area contributed by atoms with Crippen molar-refractivity contribution >= 4 is 18.4 Å². The number of benzene rings is 3. The van der Waals surface area contributed by atoms with Crippen molar-refractivity contribution in [2.75, 3.05) is 26.8 Å². The summed E-state index contributed by atoms with van der Waals surface area (Å²) in [5.74, 6) is -0.486. The number of carbonyl (C=O) groups is 3. The van der Waals surface area contributed by atoms with Gasteiger partial charge in [0.05, 0.1) is 6.61 Å². The molecule has 9 heteroatoms. The van der Waals surface area contributed by atoms with E-state index in [0.29, 0.717) is 30.8 Å². The third kappa shape index (κ3) is 16.1. The van der Waals surface area contributed by atoms with Crippen molar-refractivity contribution in [3.05, 3.63) is 108 Å². The van der Waals surface area contributed by atoms with Gasteiger partial charge in [0, 0.05) is 24.5 Å². The molecule has 0 amide bonds. The number of hydrogen-bond donors (Lipinski definition) is 2. The zero-order valence-corrected chi connectivity index (χ0v) is 28.3. The van der Waals surface area contributed by atoms with Gasteiger partial charge in [-0.15, -0.1) is 0 Å². The van der Waals surface area contributed by atoms with Gasteiger partial charge in [-0.3, -0.25) is 0 Å². The quantitative estimate of drug-likeness (QED) is 0.0648. The number of carbonyl (C=O) groups excluding carboxylic acids is 3. The second kappa shape index (κ2) is 23.4. The Morgan fingerprint density at radius 2 is 1.69 bits per heavy atom. The molecule has 0 aliphatic heterocycles. The number of rotatable bonds is 17. The van der Waals surface area contributed by atoms with Crippen molar-refractivity contribution in [3.8, 4) is 22.6 Å². The molecule has 0 saturated heterocycles. The summed E-state index contributed by atoms with van der Waals surface area (Å²) >= 11 is 0. The van der Waals surface area contributed by atoms with Crippen LogP contribution in [0, 0.1) is 0 Å². The molecule has 1 atom stereocenters. The highest BCUT2D eigenvalue weighted by molar-refractivity contribution is 5.78. The number of unbranched alkanes of at least 4 members (excludes halogenated alkanes) is 1. The summed E-state index contributed by atoms with van der Waals surface area (Å²) in [4.78, 5) is 35.3. The van der Waals surface area contributed by atoms with E-state index in [2.05, 4.69) is 31.8 Å². The lowest BCUT2D eigenvalue weighted by Crippen LogP contribution is -2.31. The van der Waals surface area contributed by atoms with Crippen LogP contribution in [-0.2, 0) is 36.8 Å². The second-order valence-corrected chi connectivity index (χ2v) is 10.9. The van der Waals surface area contributed by atoms with Crippen LogP contribution in [0.2, 0.25) is 0 Å². The maximum Gasteiger partial charge on any atom is 0.509 e. The second-order valence-electron chi connectivity index (χ2n) is 10.9. The summed E-state index contributed by atoms with van der Waals surface area (Å²) < 4.78 is 21.0. The van der Waals surface area contributed by atoms with Gasteiger partial charge < -0.3 is 34.2 Å². The van der Waals surface area contributed by atoms with Gasteiger partial charge in [-0.05, 0) is 61.7 Å². The Bertz CT molecular complexity index is 1420. The molecule has 0 bridgehead atoms. The number of hydrogen-bond acceptors (Lipinski definition) is 9. The molecule has 4 rings (SSSR count). The molecule has 0 radical (unpaired) electrons. The van der Waals surface area contributed by atoms with Gasteiger partial charge in [-0.25, -0.2) is 9.59 Å². The van der Waals surface area contributed by atoms with Gasteiger partial charge in [0.25, 0.3) is 0 Å². The molecule has 0 saturated carbocycles. The van der Waals surface area contributed by atoms with E-state index in [1.54, 1.807) is 17.7 Å². The first-order valence-corrected chi connectivity index (χ1v) is 16.3.